The zero-order chi connectivity index (χ0) is 19.7. The van der Waals surface area contributed by atoms with Crippen LogP contribution in [0.15, 0.2) is 18.2 Å². The average Bonchev–Trinajstić information content (AvgIpc) is 2.65. The third-order valence-corrected chi connectivity index (χ3v) is 8.46. The first-order valence-corrected chi connectivity index (χ1v) is 11.6. The molecule has 5 nitrogen and oxygen atoms in total. The van der Waals surface area contributed by atoms with Crippen molar-refractivity contribution in [2.24, 2.45) is 0 Å². The van der Waals surface area contributed by atoms with Gasteiger partial charge in [-0.05, 0) is 26.0 Å². The van der Waals surface area contributed by atoms with Crippen molar-refractivity contribution >= 4 is 35.3 Å². The second-order valence-electron chi connectivity index (χ2n) is 7.33. The number of carbonyl (C=O) groups excluding carboxylic acids is 2. The summed E-state index contributed by atoms with van der Waals surface area (Å²) in [6, 6.07) is 5.11. The number of rotatable bonds is 2. The molecule has 7 heteroatoms. The molecule has 0 radical (unpaired) electrons. The van der Waals surface area contributed by atoms with E-state index in [0.717, 1.165) is 11.5 Å². The van der Waals surface area contributed by atoms with Crippen molar-refractivity contribution in [1.82, 2.24) is 9.80 Å². The Morgan fingerprint density at radius 2 is 1.30 bits per heavy atom. The van der Waals surface area contributed by atoms with Gasteiger partial charge < -0.3 is 14.9 Å². The highest BCUT2D eigenvalue weighted by atomic mass is 32.2. The SMILES string of the molecule is C[C@@H]1SCCN(C(=O)c2cccc(C(=O)N3CCS[C@H](C)[C@H]3C)c2O)[C@H]1C. The predicted octanol–water partition coefficient (Wildman–Crippen LogP) is 3.32. The van der Waals surface area contributed by atoms with E-state index in [-0.39, 0.29) is 40.8 Å². The van der Waals surface area contributed by atoms with Gasteiger partial charge in [0.2, 0.25) is 0 Å². The Morgan fingerprint density at radius 1 is 0.889 bits per heavy atom. The van der Waals surface area contributed by atoms with Gasteiger partial charge in [0.15, 0.2) is 0 Å². The number of hydrogen-bond donors (Lipinski definition) is 1. The molecule has 27 heavy (non-hydrogen) atoms. The number of aromatic hydroxyl groups is 1. The summed E-state index contributed by atoms with van der Waals surface area (Å²) in [4.78, 5) is 29.8. The number of nitrogens with zero attached hydrogens (tertiary/aromatic N) is 2. The van der Waals surface area contributed by atoms with E-state index in [1.165, 1.54) is 0 Å². The number of benzene rings is 1. The van der Waals surface area contributed by atoms with Crippen LogP contribution in [0.1, 0.15) is 48.4 Å². The molecule has 0 unspecified atom stereocenters. The second kappa shape index (κ2) is 8.35. The van der Waals surface area contributed by atoms with Crippen LogP contribution in [0, 0.1) is 0 Å². The van der Waals surface area contributed by atoms with E-state index < -0.39 is 0 Å². The number of hydrogen-bond acceptors (Lipinski definition) is 5. The van der Waals surface area contributed by atoms with E-state index in [9.17, 15) is 14.7 Å². The lowest BCUT2D eigenvalue weighted by molar-refractivity contribution is 0.0690. The molecule has 0 aromatic heterocycles. The summed E-state index contributed by atoms with van der Waals surface area (Å²) in [5.74, 6) is 1.19. The molecule has 1 aromatic carbocycles. The fraction of sp³-hybridized carbons (Fsp3) is 0.600. The van der Waals surface area contributed by atoms with E-state index in [4.69, 9.17) is 0 Å². The lowest BCUT2D eigenvalue weighted by Crippen LogP contribution is -2.48. The van der Waals surface area contributed by atoms with Gasteiger partial charge in [0, 0.05) is 47.2 Å². The van der Waals surface area contributed by atoms with Crippen molar-refractivity contribution in [3.63, 3.8) is 0 Å². The minimum Gasteiger partial charge on any atom is -0.506 e. The molecule has 2 fully saturated rings. The van der Waals surface area contributed by atoms with Crippen LogP contribution in [0.3, 0.4) is 0 Å². The van der Waals surface area contributed by atoms with E-state index in [1.54, 1.807) is 18.2 Å². The van der Waals surface area contributed by atoms with Crippen LogP contribution in [0.25, 0.3) is 0 Å². The lowest BCUT2D eigenvalue weighted by Gasteiger charge is -2.38. The molecule has 148 valence electrons. The molecular weight excluding hydrogens is 380 g/mol. The van der Waals surface area contributed by atoms with Crippen molar-refractivity contribution in [3.8, 4) is 5.75 Å². The normalized spacial score (nSPS) is 28.9. The summed E-state index contributed by atoms with van der Waals surface area (Å²) in [5.41, 5.74) is 0.442. The molecule has 0 spiro atoms. The molecule has 1 N–H and O–H groups in total. The number of amides is 2. The monoisotopic (exact) mass is 408 g/mol. The van der Waals surface area contributed by atoms with E-state index >= 15 is 0 Å². The maximum absolute atomic E-state index is 13.1. The van der Waals surface area contributed by atoms with Crippen LogP contribution >= 0.6 is 23.5 Å². The predicted molar refractivity (Wildman–Crippen MR) is 113 cm³/mol. The van der Waals surface area contributed by atoms with Gasteiger partial charge in [0.05, 0.1) is 11.1 Å². The molecule has 1 aromatic rings. The highest BCUT2D eigenvalue weighted by Gasteiger charge is 2.34. The van der Waals surface area contributed by atoms with Gasteiger partial charge in [0.1, 0.15) is 5.75 Å². The van der Waals surface area contributed by atoms with E-state index in [2.05, 4.69) is 13.8 Å². The minimum atomic E-state index is -0.197. The van der Waals surface area contributed by atoms with Crippen LogP contribution in [0.2, 0.25) is 0 Å². The number of phenols is 1. The van der Waals surface area contributed by atoms with Gasteiger partial charge in [-0.15, -0.1) is 0 Å². The zero-order valence-corrected chi connectivity index (χ0v) is 18.0. The third kappa shape index (κ3) is 3.94. The summed E-state index contributed by atoms with van der Waals surface area (Å²) < 4.78 is 0. The minimum absolute atomic E-state index is 0.0926. The van der Waals surface area contributed by atoms with Gasteiger partial charge >= 0.3 is 0 Å². The number of carbonyl (C=O) groups is 2. The summed E-state index contributed by atoms with van der Waals surface area (Å²) in [5, 5.41) is 11.5. The van der Waals surface area contributed by atoms with E-state index in [0.29, 0.717) is 23.6 Å². The van der Waals surface area contributed by atoms with Gasteiger partial charge in [0.25, 0.3) is 11.8 Å². The summed E-state index contributed by atoms with van der Waals surface area (Å²) in [7, 11) is 0. The zero-order valence-electron chi connectivity index (χ0n) is 16.3. The molecule has 2 amide bonds. The van der Waals surface area contributed by atoms with E-state index in [1.807, 2.05) is 47.2 Å². The first-order chi connectivity index (χ1) is 12.8. The Bertz CT molecular complexity index is 671. The van der Waals surface area contributed by atoms with Gasteiger partial charge in [-0.3, -0.25) is 9.59 Å². The highest BCUT2D eigenvalue weighted by molar-refractivity contribution is 8.00. The Labute approximate surface area is 169 Å². The first kappa shape index (κ1) is 20.4. The number of para-hydroxylation sites is 1. The van der Waals surface area contributed by atoms with Crippen LogP contribution in [0.5, 0.6) is 5.75 Å². The van der Waals surface area contributed by atoms with Gasteiger partial charge in [-0.2, -0.15) is 23.5 Å². The molecule has 3 rings (SSSR count). The fourth-order valence-corrected chi connectivity index (χ4v) is 5.84. The quantitative estimate of drug-likeness (QED) is 0.813. The molecule has 2 aliphatic heterocycles. The number of phenolic OH excluding ortho intramolecular Hbond substituents is 1. The lowest BCUT2D eigenvalue weighted by atomic mass is 10.0. The first-order valence-electron chi connectivity index (χ1n) is 9.50. The van der Waals surface area contributed by atoms with Crippen molar-refractivity contribution in [2.75, 3.05) is 24.6 Å². The average molecular weight is 409 g/mol. The Kier molecular flexibility index (Phi) is 6.31. The fourth-order valence-electron chi connectivity index (χ4n) is 3.64. The molecule has 0 bridgehead atoms. The van der Waals surface area contributed by atoms with Crippen LogP contribution in [0.4, 0.5) is 0 Å². The summed E-state index contributed by atoms with van der Waals surface area (Å²) in [6.45, 7) is 9.62. The Morgan fingerprint density at radius 3 is 1.70 bits per heavy atom. The maximum atomic E-state index is 13.1. The molecule has 0 saturated carbocycles. The number of thioether (sulfide) groups is 2. The molecule has 2 heterocycles. The largest absolute Gasteiger partial charge is 0.506 e. The van der Waals surface area contributed by atoms with Crippen molar-refractivity contribution in [2.45, 2.75) is 50.3 Å². The highest BCUT2D eigenvalue weighted by Crippen LogP contribution is 2.32. The molecule has 0 aliphatic carbocycles. The molecule has 4 atom stereocenters. The Balaban J connectivity index is 1.87. The van der Waals surface area contributed by atoms with Crippen molar-refractivity contribution in [3.05, 3.63) is 29.3 Å². The topological polar surface area (TPSA) is 60.9 Å². The van der Waals surface area contributed by atoms with Gasteiger partial charge in [-0.25, -0.2) is 0 Å². The van der Waals surface area contributed by atoms with Crippen molar-refractivity contribution in [1.29, 1.82) is 0 Å². The smallest absolute Gasteiger partial charge is 0.257 e. The van der Waals surface area contributed by atoms with Crippen molar-refractivity contribution < 1.29 is 14.7 Å². The molecular formula is C20H28N2O3S2. The van der Waals surface area contributed by atoms with Crippen LogP contribution < -0.4 is 0 Å². The van der Waals surface area contributed by atoms with Crippen LogP contribution in [-0.4, -0.2) is 73.9 Å². The standard InChI is InChI=1S/C20H28N2O3S2/c1-12-14(3)26-10-8-21(12)19(24)16-6-5-7-17(18(16)23)20(25)22-9-11-27-15(4)13(22)2/h5-7,12-15,23H,8-11H2,1-4H3/t12-,13+,14-,15+. The molecule has 2 aliphatic rings. The maximum Gasteiger partial charge on any atom is 0.257 e. The third-order valence-electron chi connectivity index (χ3n) is 5.79. The Hall–Kier alpha value is -1.34. The molecule has 2 saturated heterocycles. The summed E-state index contributed by atoms with van der Waals surface area (Å²) in [6.07, 6.45) is 0. The van der Waals surface area contributed by atoms with Gasteiger partial charge in [-0.1, -0.05) is 19.9 Å². The van der Waals surface area contributed by atoms with Crippen LogP contribution in [-0.2, 0) is 0 Å². The summed E-state index contributed by atoms with van der Waals surface area (Å²) >= 11 is 3.71. The second-order valence-corrected chi connectivity index (χ2v) is 10.3.